The summed E-state index contributed by atoms with van der Waals surface area (Å²) in [6.07, 6.45) is 2.91. The molecule has 0 aliphatic carbocycles. The molecular weight excluding hydrogens is 278 g/mol. The van der Waals surface area contributed by atoms with E-state index in [0.29, 0.717) is 11.1 Å². The minimum Gasteiger partial charge on any atom is -0.366 e. The van der Waals surface area contributed by atoms with Crippen LogP contribution in [0.3, 0.4) is 0 Å². The van der Waals surface area contributed by atoms with E-state index >= 15 is 0 Å². The molecule has 0 bridgehead atoms. The monoisotopic (exact) mass is 291 g/mol. The molecule has 0 unspecified atom stereocenters. The lowest BCUT2D eigenvalue weighted by atomic mass is 10.1. The minimum atomic E-state index is -3.60. The summed E-state index contributed by atoms with van der Waals surface area (Å²) in [4.78, 5) is 18.6. The highest BCUT2D eigenvalue weighted by Crippen LogP contribution is 2.13. The van der Waals surface area contributed by atoms with E-state index in [4.69, 9.17) is 5.73 Å². The minimum absolute atomic E-state index is 0.206. The fraction of sp³-hybridized carbons (Fsp3) is 0.154. The second kappa shape index (κ2) is 5.38. The van der Waals surface area contributed by atoms with E-state index in [-0.39, 0.29) is 10.9 Å². The lowest BCUT2D eigenvalue weighted by Gasteiger charge is -2.04. The van der Waals surface area contributed by atoms with Crippen molar-refractivity contribution in [2.24, 2.45) is 5.73 Å². The third-order valence-corrected chi connectivity index (χ3v) is 4.11. The van der Waals surface area contributed by atoms with E-state index in [9.17, 15) is 13.2 Å². The highest BCUT2D eigenvalue weighted by molar-refractivity contribution is 7.90. The molecule has 1 heterocycles. The molecule has 1 aromatic carbocycles. The summed E-state index contributed by atoms with van der Waals surface area (Å²) in [5.41, 5.74) is 6.78. The zero-order valence-corrected chi connectivity index (χ0v) is 11.6. The SMILES string of the molecule is Cc1cnc(S(=O)(=O)Cc2ccc(C(N)=O)cc2)nc1. The number of aryl methyl sites for hydroxylation is 1. The zero-order valence-electron chi connectivity index (χ0n) is 10.8. The Bertz CT molecular complexity index is 722. The van der Waals surface area contributed by atoms with Gasteiger partial charge in [-0.2, -0.15) is 0 Å². The average molecular weight is 291 g/mol. The van der Waals surface area contributed by atoms with Gasteiger partial charge in [-0.1, -0.05) is 12.1 Å². The van der Waals surface area contributed by atoms with Crippen LogP contribution in [0.25, 0.3) is 0 Å². The van der Waals surface area contributed by atoms with Gasteiger partial charge in [-0.25, -0.2) is 18.4 Å². The number of rotatable bonds is 4. The molecule has 2 aromatic rings. The van der Waals surface area contributed by atoms with Crippen LogP contribution in [-0.2, 0) is 15.6 Å². The van der Waals surface area contributed by atoms with Crippen LogP contribution in [-0.4, -0.2) is 24.3 Å². The van der Waals surface area contributed by atoms with E-state index in [1.54, 1.807) is 19.1 Å². The van der Waals surface area contributed by atoms with Crippen molar-refractivity contribution >= 4 is 15.7 Å². The van der Waals surface area contributed by atoms with E-state index in [0.717, 1.165) is 5.56 Å². The summed E-state index contributed by atoms with van der Waals surface area (Å²) in [5.74, 6) is -0.781. The normalized spacial score (nSPS) is 11.2. The van der Waals surface area contributed by atoms with Crippen LogP contribution in [0.5, 0.6) is 0 Å². The third-order valence-electron chi connectivity index (χ3n) is 2.63. The van der Waals surface area contributed by atoms with Crippen molar-refractivity contribution in [3.05, 3.63) is 53.3 Å². The second-order valence-corrected chi connectivity index (χ2v) is 6.25. The molecule has 2 N–H and O–H groups in total. The van der Waals surface area contributed by atoms with Crippen molar-refractivity contribution in [3.63, 3.8) is 0 Å². The van der Waals surface area contributed by atoms with Crippen LogP contribution < -0.4 is 5.73 Å². The Morgan fingerprint density at radius 2 is 1.70 bits per heavy atom. The Morgan fingerprint density at radius 1 is 1.15 bits per heavy atom. The molecule has 104 valence electrons. The lowest BCUT2D eigenvalue weighted by Crippen LogP contribution is -2.12. The van der Waals surface area contributed by atoms with Crippen LogP contribution in [0.15, 0.2) is 41.8 Å². The topological polar surface area (TPSA) is 103 Å². The number of nitrogens with two attached hydrogens (primary N) is 1. The van der Waals surface area contributed by atoms with Gasteiger partial charge >= 0.3 is 0 Å². The van der Waals surface area contributed by atoms with E-state index < -0.39 is 15.7 Å². The van der Waals surface area contributed by atoms with Gasteiger partial charge in [0.05, 0.1) is 5.75 Å². The van der Waals surface area contributed by atoms with Gasteiger partial charge in [0.1, 0.15) is 0 Å². The fourth-order valence-electron chi connectivity index (χ4n) is 1.59. The van der Waals surface area contributed by atoms with E-state index in [2.05, 4.69) is 9.97 Å². The number of nitrogens with zero attached hydrogens (tertiary/aromatic N) is 2. The Kier molecular flexibility index (Phi) is 3.80. The molecule has 0 saturated carbocycles. The Morgan fingerprint density at radius 3 is 2.20 bits per heavy atom. The van der Waals surface area contributed by atoms with Gasteiger partial charge in [-0.15, -0.1) is 0 Å². The van der Waals surface area contributed by atoms with Crippen molar-refractivity contribution in [1.29, 1.82) is 0 Å². The van der Waals surface area contributed by atoms with Crippen LogP contribution in [0.4, 0.5) is 0 Å². The number of carbonyl (C=O) groups is 1. The Labute approximate surface area is 116 Å². The summed E-state index contributed by atoms with van der Waals surface area (Å²) in [5, 5.41) is -0.206. The molecule has 1 aromatic heterocycles. The number of amides is 1. The number of hydrogen-bond donors (Lipinski definition) is 1. The van der Waals surface area contributed by atoms with E-state index in [1.807, 2.05) is 0 Å². The fourth-order valence-corrected chi connectivity index (χ4v) is 2.78. The van der Waals surface area contributed by atoms with Crippen LogP contribution in [0.2, 0.25) is 0 Å². The van der Waals surface area contributed by atoms with Crippen LogP contribution in [0.1, 0.15) is 21.5 Å². The molecule has 2 rings (SSSR count). The maximum Gasteiger partial charge on any atom is 0.248 e. The van der Waals surface area contributed by atoms with Gasteiger partial charge < -0.3 is 5.73 Å². The second-order valence-electron chi connectivity index (χ2n) is 4.36. The molecule has 1 amide bonds. The summed E-state index contributed by atoms with van der Waals surface area (Å²) in [7, 11) is -3.60. The quantitative estimate of drug-likeness (QED) is 0.841. The third kappa shape index (κ3) is 3.18. The number of benzene rings is 1. The predicted molar refractivity (Wildman–Crippen MR) is 72.6 cm³/mol. The Balaban J connectivity index is 2.24. The standard InChI is InChI=1S/C13H13N3O3S/c1-9-6-15-13(16-7-9)20(18,19)8-10-2-4-11(5-3-10)12(14)17/h2-7H,8H2,1H3,(H2,14,17). The molecule has 0 aliphatic heterocycles. The molecule has 7 heteroatoms. The highest BCUT2D eigenvalue weighted by atomic mass is 32.2. The van der Waals surface area contributed by atoms with Crippen molar-refractivity contribution in [3.8, 4) is 0 Å². The summed E-state index contributed by atoms with van der Waals surface area (Å²) in [6.45, 7) is 1.78. The molecule has 0 saturated heterocycles. The van der Waals surface area contributed by atoms with Gasteiger partial charge in [-0.3, -0.25) is 4.79 Å². The van der Waals surface area contributed by atoms with Gasteiger partial charge in [0.2, 0.25) is 20.9 Å². The zero-order chi connectivity index (χ0) is 14.8. The first-order chi connectivity index (χ1) is 9.38. The summed E-state index contributed by atoms with van der Waals surface area (Å²) >= 11 is 0. The maximum absolute atomic E-state index is 12.1. The number of sulfone groups is 1. The molecule has 0 radical (unpaired) electrons. The van der Waals surface area contributed by atoms with Crippen molar-refractivity contribution in [2.75, 3.05) is 0 Å². The average Bonchev–Trinajstić information content (AvgIpc) is 2.39. The molecule has 0 fully saturated rings. The van der Waals surface area contributed by atoms with Gasteiger partial charge in [0.25, 0.3) is 0 Å². The van der Waals surface area contributed by atoms with Crippen molar-refractivity contribution in [2.45, 2.75) is 17.8 Å². The van der Waals surface area contributed by atoms with E-state index in [1.165, 1.54) is 24.5 Å². The number of hydrogen-bond acceptors (Lipinski definition) is 5. The molecule has 0 spiro atoms. The maximum atomic E-state index is 12.1. The van der Waals surface area contributed by atoms with Crippen molar-refractivity contribution in [1.82, 2.24) is 9.97 Å². The van der Waals surface area contributed by atoms with Gasteiger partial charge in [-0.05, 0) is 30.2 Å². The highest BCUT2D eigenvalue weighted by Gasteiger charge is 2.18. The molecule has 20 heavy (non-hydrogen) atoms. The molecule has 0 aliphatic rings. The smallest absolute Gasteiger partial charge is 0.248 e. The first-order valence-corrected chi connectivity index (χ1v) is 7.44. The number of primary amides is 1. The summed E-state index contributed by atoms with van der Waals surface area (Å²) in [6, 6.07) is 6.07. The molecular formula is C13H13N3O3S. The predicted octanol–water partition coefficient (Wildman–Crippen LogP) is 0.858. The first kappa shape index (κ1) is 14.1. The van der Waals surface area contributed by atoms with Crippen LogP contribution in [0, 0.1) is 6.92 Å². The van der Waals surface area contributed by atoms with Crippen molar-refractivity contribution < 1.29 is 13.2 Å². The number of carbonyl (C=O) groups excluding carboxylic acids is 1. The number of aromatic nitrogens is 2. The first-order valence-electron chi connectivity index (χ1n) is 5.78. The lowest BCUT2D eigenvalue weighted by molar-refractivity contribution is 0.100. The molecule has 0 atom stereocenters. The van der Waals surface area contributed by atoms with Gasteiger partial charge in [0.15, 0.2) is 0 Å². The van der Waals surface area contributed by atoms with Crippen LogP contribution >= 0.6 is 0 Å². The van der Waals surface area contributed by atoms with Gasteiger partial charge in [0, 0.05) is 18.0 Å². The summed E-state index contributed by atoms with van der Waals surface area (Å²) < 4.78 is 24.2. The largest absolute Gasteiger partial charge is 0.366 e. The molecule has 6 nitrogen and oxygen atoms in total. The Hall–Kier alpha value is -2.28.